The van der Waals surface area contributed by atoms with E-state index in [-0.39, 0.29) is 16.2 Å². The summed E-state index contributed by atoms with van der Waals surface area (Å²) in [5.74, 6) is 0. The number of hydrogen-bond donors (Lipinski definition) is 1. The van der Waals surface area contributed by atoms with Crippen LogP contribution in [0.1, 0.15) is 5.56 Å². The maximum absolute atomic E-state index is 12.6. The molecule has 0 saturated heterocycles. The summed E-state index contributed by atoms with van der Waals surface area (Å²) in [5, 5.41) is 7.78. The fourth-order valence-corrected chi connectivity index (χ4v) is 4.13. The van der Waals surface area contributed by atoms with E-state index in [4.69, 9.17) is 17.3 Å². The van der Waals surface area contributed by atoms with Gasteiger partial charge < -0.3 is 5.73 Å². The SMILES string of the molecule is CN(Cc1cc(N)ccc1Cl)S(=O)(=O)c1c(Br)nnn1C. The molecule has 0 fully saturated rings. The van der Waals surface area contributed by atoms with Gasteiger partial charge in [-0.3, -0.25) is 0 Å². The summed E-state index contributed by atoms with van der Waals surface area (Å²) in [6.07, 6.45) is 0. The Morgan fingerprint density at radius 1 is 1.48 bits per heavy atom. The number of nitrogens with zero attached hydrogens (tertiary/aromatic N) is 4. The molecule has 2 rings (SSSR count). The number of benzene rings is 1. The van der Waals surface area contributed by atoms with Gasteiger partial charge in [0, 0.05) is 31.4 Å². The normalized spacial score (nSPS) is 12.0. The van der Waals surface area contributed by atoms with E-state index in [0.29, 0.717) is 16.3 Å². The van der Waals surface area contributed by atoms with Crippen molar-refractivity contribution < 1.29 is 8.42 Å². The smallest absolute Gasteiger partial charge is 0.263 e. The molecule has 2 aromatic rings. The highest BCUT2D eigenvalue weighted by atomic mass is 79.9. The third kappa shape index (κ3) is 3.20. The number of anilines is 1. The van der Waals surface area contributed by atoms with Crippen LogP contribution >= 0.6 is 27.5 Å². The van der Waals surface area contributed by atoms with Crippen LogP contribution in [0.25, 0.3) is 0 Å². The Labute approximate surface area is 135 Å². The van der Waals surface area contributed by atoms with E-state index in [0.717, 1.165) is 4.31 Å². The monoisotopic (exact) mass is 393 g/mol. The molecule has 0 amide bonds. The molecule has 0 saturated carbocycles. The van der Waals surface area contributed by atoms with E-state index in [2.05, 4.69) is 26.2 Å². The second-order valence-corrected chi connectivity index (χ2v) is 7.54. The minimum Gasteiger partial charge on any atom is -0.399 e. The first kappa shape index (κ1) is 16.2. The largest absolute Gasteiger partial charge is 0.399 e. The topological polar surface area (TPSA) is 94.1 Å². The Morgan fingerprint density at radius 3 is 2.71 bits per heavy atom. The molecule has 1 aromatic carbocycles. The first-order valence-electron chi connectivity index (χ1n) is 5.79. The van der Waals surface area contributed by atoms with Crippen molar-refractivity contribution in [2.45, 2.75) is 11.6 Å². The van der Waals surface area contributed by atoms with Crippen molar-refractivity contribution in [3.05, 3.63) is 33.4 Å². The first-order valence-corrected chi connectivity index (χ1v) is 8.40. The second kappa shape index (κ2) is 5.91. The quantitative estimate of drug-likeness (QED) is 0.796. The van der Waals surface area contributed by atoms with Gasteiger partial charge in [-0.15, -0.1) is 5.10 Å². The Hall–Kier alpha value is -1.16. The van der Waals surface area contributed by atoms with Crippen molar-refractivity contribution in [1.29, 1.82) is 0 Å². The van der Waals surface area contributed by atoms with E-state index in [1.54, 1.807) is 18.2 Å². The van der Waals surface area contributed by atoms with Gasteiger partial charge in [-0.2, -0.15) is 4.31 Å². The molecular formula is C11H13BrClN5O2S. The third-order valence-corrected chi connectivity index (χ3v) is 5.92. The second-order valence-electron chi connectivity index (χ2n) is 4.42. The number of nitrogen functional groups attached to an aromatic ring is 1. The average Bonchev–Trinajstić information content (AvgIpc) is 2.73. The Bertz CT molecular complexity index is 757. The van der Waals surface area contributed by atoms with Gasteiger partial charge >= 0.3 is 0 Å². The Kier molecular flexibility index (Phi) is 4.57. The summed E-state index contributed by atoms with van der Waals surface area (Å²) in [5.41, 5.74) is 6.83. The number of hydrogen-bond acceptors (Lipinski definition) is 5. The van der Waals surface area contributed by atoms with Crippen LogP contribution in [0.15, 0.2) is 27.8 Å². The molecule has 0 aliphatic carbocycles. The summed E-state index contributed by atoms with van der Waals surface area (Å²) in [6, 6.07) is 4.93. The number of nitrogens with two attached hydrogens (primary N) is 1. The lowest BCUT2D eigenvalue weighted by atomic mass is 10.2. The van der Waals surface area contributed by atoms with Gasteiger partial charge in [-0.25, -0.2) is 13.1 Å². The van der Waals surface area contributed by atoms with Gasteiger partial charge in [-0.1, -0.05) is 16.8 Å². The maximum Gasteiger partial charge on any atom is 0.263 e. The van der Waals surface area contributed by atoms with Crippen LogP contribution in [0.5, 0.6) is 0 Å². The van der Waals surface area contributed by atoms with Crippen molar-refractivity contribution in [3.8, 4) is 0 Å². The Balaban J connectivity index is 2.36. The van der Waals surface area contributed by atoms with Gasteiger partial charge in [0.25, 0.3) is 10.0 Å². The molecule has 0 bridgehead atoms. The lowest BCUT2D eigenvalue weighted by Gasteiger charge is -2.18. The van der Waals surface area contributed by atoms with E-state index >= 15 is 0 Å². The highest BCUT2D eigenvalue weighted by Gasteiger charge is 2.28. The number of halogens is 2. The third-order valence-electron chi connectivity index (χ3n) is 2.85. The number of sulfonamides is 1. The standard InChI is InChI=1S/C11H13BrClN5O2S/c1-17(6-7-5-8(14)3-4-9(7)13)21(19,20)11-10(12)15-16-18(11)2/h3-5H,6,14H2,1-2H3. The number of rotatable bonds is 4. The van der Waals surface area contributed by atoms with E-state index in [1.165, 1.54) is 18.8 Å². The summed E-state index contributed by atoms with van der Waals surface area (Å²) in [4.78, 5) is 0. The van der Waals surface area contributed by atoms with Crippen molar-refractivity contribution >= 4 is 43.2 Å². The lowest BCUT2D eigenvalue weighted by molar-refractivity contribution is 0.456. The predicted molar refractivity (Wildman–Crippen MR) is 83.2 cm³/mol. The van der Waals surface area contributed by atoms with Crippen molar-refractivity contribution in [2.75, 3.05) is 12.8 Å². The molecule has 114 valence electrons. The van der Waals surface area contributed by atoms with Crippen LogP contribution in [0.3, 0.4) is 0 Å². The van der Waals surface area contributed by atoms with Gasteiger partial charge in [0.05, 0.1) is 0 Å². The molecule has 0 unspecified atom stereocenters. The zero-order valence-electron chi connectivity index (χ0n) is 11.3. The van der Waals surface area contributed by atoms with Crippen molar-refractivity contribution in [3.63, 3.8) is 0 Å². The molecule has 0 aliphatic heterocycles. The Morgan fingerprint density at radius 2 is 2.14 bits per heavy atom. The van der Waals surface area contributed by atoms with Crippen LogP contribution < -0.4 is 5.73 Å². The lowest BCUT2D eigenvalue weighted by Crippen LogP contribution is -2.28. The van der Waals surface area contributed by atoms with Crippen LogP contribution in [-0.2, 0) is 23.6 Å². The van der Waals surface area contributed by atoms with Crippen LogP contribution in [-0.4, -0.2) is 34.8 Å². The zero-order chi connectivity index (χ0) is 15.8. The van der Waals surface area contributed by atoms with E-state index in [1.807, 2.05) is 0 Å². The van der Waals surface area contributed by atoms with Gasteiger partial charge in [0.2, 0.25) is 5.03 Å². The molecule has 0 spiro atoms. The van der Waals surface area contributed by atoms with Crippen LogP contribution in [0, 0.1) is 0 Å². The fraction of sp³-hybridized carbons (Fsp3) is 0.273. The molecule has 0 aliphatic rings. The molecular weight excluding hydrogens is 382 g/mol. The van der Waals surface area contributed by atoms with Gasteiger partial charge in [-0.05, 0) is 39.7 Å². The molecule has 7 nitrogen and oxygen atoms in total. The summed E-state index contributed by atoms with van der Waals surface area (Å²) >= 11 is 9.15. The summed E-state index contributed by atoms with van der Waals surface area (Å²) in [7, 11) is -0.801. The van der Waals surface area contributed by atoms with E-state index in [9.17, 15) is 8.42 Å². The summed E-state index contributed by atoms with van der Waals surface area (Å²) in [6.45, 7) is 0.0871. The molecule has 21 heavy (non-hydrogen) atoms. The van der Waals surface area contributed by atoms with Crippen molar-refractivity contribution in [1.82, 2.24) is 19.3 Å². The molecule has 0 radical (unpaired) electrons. The van der Waals surface area contributed by atoms with Crippen LogP contribution in [0.2, 0.25) is 5.02 Å². The predicted octanol–water partition coefficient (Wildman–Crippen LogP) is 1.63. The summed E-state index contributed by atoms with van der Waals surface area (Å²) < 4.78 is 27.6. The molecule has 1 heterocycles. The molecule has 2 N–H and O–H groups in total. The van der Waals surface area contributed by atoms with Crippen LogP contribution in [0.4, 0.5) is 5.69 Å². The maximum atomic E-state index is 12.6. The minimum absolute atomic E-state index is 0.0231. The molecule has 1 aromatic heterocycles. The molecule has 0 atom stereocenters. The average molecular weight is 395 g/mol. The zero-order valence-corrected chi connectivity index (χ0v) is 14.4. The first-order chi connectivity index (χ1) is 9.73. The van der Waals surface area contributed by atoms with Crippen molar-refractivity contribution in [2.24, 2.45) is 7.05 Å². The molecule has 10 heteroatoms. The van der Waals surface area contributed by atoms with Gasteiger partial charge in [0.15, 0.2) is 4.60 Å². The van der Waals surface area contributed by atoms with E-state index < -0.39 is 10.0 Å². The minimum atomic E-state index is -3.76. The fourth-order valence-electron chi connectivity index (χ4n) is 1.78. The highest BCUT2D eigenvalue weighted by molar-refractivity contribution is 9.10. The number of aromatic nitrogens is 3. The highest BCUT2D eigenvalue weighted by Crippen LogP contribution is 2.25. The number of aryl methyl sites for hydroxylation is 1. The van der Waals surface area contributed by atoms with Gasteiger partial charge in [0.1, 0.15) is 0 Å².